The van der Waals surface area contributed by atoms with E-state index in [1.807, 2.05) is 33.8 Å². The molecule has 1 aromatic heterocycles. The summed E-state index contributed by atoms with van der Waals surface area (Å²) in [4.78, 5) is 27.4. The number of aromatic nitrogens is 2. The third-order valence-electron chi connectivity index (χ3n) is 4.31. The highest BCUT2D eigenvalue weighted by Gasteiger charge is 2.31. The number of rotatable bonds is 4. The zero-order valence-corrected chi connectivity index (χ0v) is 16.3. The Balaban J connectivity index is 2.05. The molecule has 0 bridgehead atoms. The van der Waals surface area contributed by atoms with Gasteiger partial charge in [-0.25, -0.2) is 14.8 Å². The average Bonchev–Trinajstić information content (AvgIpc) is 2.54. The maximum absolute atomic E-state index is 12.3. The summed E-state index contributed by atoms with van der Waals surface area (Å²) in [5.41, 5.74) is -0.473. The van der Waals surface area contributed by atoms with E-state index in [-0.39, 0.29) is 12.1 Å². The van der Waals surface area contributed by atoms with Crippen molar-refractivity contribution < 1.29 is 9.53 Å². The Kier molecular flexibility index (Phi) is 6.08. The second kappa shape index (κ2) is 7.89. The Morgan fingerprint density at radius 1 is 1.28 bits per heavy atom. The summed E-state index contributed by atoms with van der Waals surface area (Å²) in [7, 11) is 0. The molecule has 2 heterocycles. The van der Waals surface area contributed by atoms with Gasteiger partial charge in [-0.2, -0.15) is 0 Å². The highest BCUT2D eigenvalue weighted by atomic mass is 16.6. The maximum atomic E-state index is 12.3. The molecule has 1 amide bonds. The van der Waals surface area contributed by atoms with Crippen molar-refractivity contribution in [1.82, 2.24) is 14.9 Å². The van der Waals surface area contributed by atoms with Gasteiger partial charge in [0.25, 0.3) is 0 Å². The number of hydrogen-bond acceptors (Lipinski definition) is 6. The zero-order valence-electron chi connectivity index (χ0n) is 16.3. The van der Waals surface area contributed by atoms with Crippen molar-refractivity contribution >= 4 is 17.7 Å². The predicted molar refractivity (Wildman–Crippen MR) is 100 cm³/mol. The molecule has 1 aliphatic rings. The smallest absolute Gasteiger partial charge is 0.410 e. The van der Waals surface area contributed by atoms with Gasteiger partial charge in [-0.15, -0.1) is 0 Å². The minimum atomic E-state index is -0.473. The molecule has 0 aromatic carbocycles. The Bertz CT molecular complexity index is 583. The van der Waals surface area contributed by atoms with E-state index >= 15 is 0 Å². The summed E-state index contributed by atoms with van der Waals surface area (Å²) < 4.78 is 5.50. The highest BCUT2D eigenvalue weighted by Crippen LogP contribution is 2.22. The molecule has 2 rings (SSSR count). The lowest BCUT2D eigenvalue weighted by atomic mass is 10.2. The van der Waals surface area contributed by atoms with Crippen molar-refractivity contribution in [2.45, 2.75) is 53.2 Å². The normalized spacial score (nSPS) is 18.2. The number of piperazine rings is 1. The number of carbonyl (C=O) groups excluding carboxylic acids is 1. The minimum absolute atomic E-state index is 0.0652. The molecule has 1 aromatic rings. The quantitative estimate of drug-likeness (QED) is 0.833. The van der Waals surface area contributed by atoms with Gasteiger partial charge >= 0.3 is 6.09 Å². The minimum Gasteiger partial charge on any atom is -0.444 e. The van der Waals surface area contributed by atoms with Crippen LogP contribution in [0.4, 0.5) is 16.4 Å². The van der Waals surface area contributed by atoms with Crippen LogP contribution in [0, 0.1) is 0 Å². The number of hydrogen-bond donors (Lipinski definition) is 0. The van der Waals surface area contributed by atoms with Crippen LogP contribution < -0.4 is 9.80 Å². The van der Waals surface area contributed by atoms with Gasteiger partial charge in [-0.05, 0) is 41.5 Å². The fourth-order valence-electron chi connectivity index (χ4n) is 2.99. The third kappa shape index (κ3) is 4.96. The molecule has 0 aliphatic carbocycles. The first-order valence-electron chi connectivity index (χ1n) is 9.06. The molecule has 1 fully saturated rings. The van der Waals surface area contributed by atoms with Gasteiger partial charge in [0, 0.05) is 44.8 Å². The van der Waals surface area contributed by atoms with Gasteiger partial charge in [0.05, 0.1) is 0 Å². The molecule has 25 heavy (non-hydrogen) atoms. The monoisotopic (exact) mass is 349 g/mol. The zero-order chi connectivity index (χ0) is 18.6. The highest BCUT2D eigenvalue weighted by molar-refractivity contribution is 5.69. The number of ether oxygens (including phenoxy) is 1. The second-order valence-corrected chi connectivity index (χ2v) is 7.38. The largest absolute Gasteiger partial charge is 0.444 e. The molecule has 0 saturated carbocycles. The number of amides is 1. The maximum Gasteiger partial charge on any atom is 0.410 e. The second-order valence-electron chi connectivity index (χ2n) is 7.38. The fraction of sp³-hybridized carbons (Fsp3) is 0.722. The molecular weight excluding hydrogens is 318 g/mol. The van der Waals surface area contributed by atoms with Crippen molar-refractivity contribution in [3.05, 3.63) is 12.4 Å². The van der Waals surface area contributed by atoms with E-state index in [4.69, 9.17) is 4.74 Å². The topological polar surface area (TPSA) is 61.8 Å². The predicted octanol–water partition coefficient (Wildman–Crippen LogP) is 2.77. The molecular formula is C18H31N5O2. The first-order chi connectivity index (χ1) is 11.7. The molecule has 1 saturated heterocycles. The van der Waals surface area contributed by atoms with Crippen LogP contribution in [0.15, 0.2) is 12.4 Å². The lowest BCUT2D eigenvalue weighted by molar-refractivity contribution is 0.0158. The van der Waals surface area contributed by atoms with Crippen molar-refractivity contribution in [1.29, 1.82) is 0 Å². The van der Waals surface area contributed by atoms with Crippen LogP contribution in [0.1, 0.15) is 41.5 Å². The molecule has 7 nitrogen and oxygen atoms in total. The van der Waals surface area contributed by atoms with Crippen molar-refractivity contribution in [2.24, 2.45) is 0 Å². The Labute approximate surface area is 151 Å². The summed E-state index contributed by atoms with van der Waals surface area (Å²) in [6.45, 7) is 15.9. The van der Waals surface area contributed by atoms with Crippen LogP contribution >= 0.6 is 0 Å². The Hall–Kier alpha value is -2.05. The van der Waals surface area contributed by atoms with Crippen LogP contribution in [-0.4, -0.2) is 65.3 Å². The first kappa shape index (κ1) is 19.3. The fourth-order valence-corrected chi connectivity index (χ4v) is 2.99. The molecule has 0 N–H and O–H groups in total. The Morgan fingerprint density at radius 2 is 1.96 bits per heavy atom. The van der Waals surface area contributed by atoms with E-state index < -0.39 is 5.60 Å². The number of nitrogens with zero attached hydrogens (tertiary/aromatic N) is 5. The third-order valence-corrected chi connectivity index (χ3v) is 4.31. The lowest BCUT2D eigenvalue weighted by Crippen LogP contribution is -2.55. The summed E-state index contributed by atoms with van der Waals surface area (Å²) in [6.07, 6.45) is 1.37. The summed E-state index contributed by atoms with van der Waals surface area (Å²) in [6, 6.07) is 2.10. The van der Waals surface area contributed by atoms with Gasteiger partial charge in [-0.1, -0.05) is 0 Å². The molecule has 1 atom stereocenters. The molecule has 0 spiro atoms. The summed E-state index contributed by atoms with van der Waals surface area (Å²) in [5, 5.41) is 0. The van der Waals surface area contributed by atoms with Crippen LogP contribution in [0.3, 0.4) is 0 Å². The summed E-state index contributed by atoms with van der Waals surface area (Å²) in [5.74, 6) is 1.85. The van der Waals surface area contributed by atoms with E-state index in [1.54, 1.807) is 11.2 Å². The van der Waals surface area contributed by atoms with Crippen molar-refractivity contribution in [3.8, 4) is 0 Å². The molecule has 1 aliphatic heterocycles. The molecule has 0 unspecified atom stereocenters. The lowest BCUT2D eigenvalue weighted by Gasteiger charge is -2.40. The van der Waals surface area contributed by atoms with Gasteiger partial charge in [0.15, 0.2) is 0 Å². The van der Waals surface area contributed by atoms with Crippen LogP contribution in [0.25, 0.3) is 0 Å². The van der Waals surface area contributed by atoms with E-state index in [0.717, 1.165) is 37.8 Å². The SMILES string of the molecule is CCN(CC)c1cc(N2CCN(C(=O)OC(C)(C)C)[C@H](C)C2)ncn1. The van der Waals surface area contributed by atoms with Crippen LogP contribution in [0.2, 0.25) is 0 Å². The van der Waals surface area contributed by atoms with E-state index in [0.29, 0.717) is 6.54 Å². The van der Waals surface area contributed by atoms with Crippen LogP contribution in [0.5, 0.6) is 0 Å². The van der Waals surface area contributed by atoms with Crippen LogP contribution in [-0.2, 0) is 4.74 Å². The number of carbonyl (C=O) groups is 1. The molecule has 0 radical (unpaired) electrons. The van der Waals surface area contributed by atoms with Crippen molar-refractivity contribution in [3.63, 3.8) is 0 Å². The Morgan fingerprint density at radius 3 is 2.52 bits per heavy atom. The summed E-state index contributed by atoms with van der Waals surface area (Å²) >= 11 is 0. The van der Waals surface area contributed by atoms with Gasteiger partial charge < -0.3 is 19.4 Å². The van der Waals surface area contributed by atoms with E-state index in [2.05, 4.69) is 33.6 Å². The average molecular weight is 349 g/mol. The van der Waals surface area contributed by atoms with E-state index in [1.165, 1.54) is 0 Å². The van der Waals surface area contributed by atoms with E-state index in [9.17, 15) is 4.79 Å². The molecule has 140 valence electrons. The number of anilines is 2. The van der Waals surface area contributed by atoms with Gasteiger partial charge in [0.1, 0.15) is 23.6 Å². The first-order valence-corrected chi connectivity index (χ1v) is 9.06. The van der Waals surface area contributed by atoms with Gasteiger partial charge in [-0.3, -0.25) is 0 Å². The van der Waals surface area contributed by atoms with Crippen molar-refractivity contribution in [2.75, 3.05) is 42.5 Å². The van der Waals surface area contributed by atoms with Gasteiger partial charge in [0.2, 0.25) is 0 Å². The standard InChI is InChI=1S/C18H31N5O2/c1-7-21(8-2)15-11-16(20-13-19-15)22-9-10-23(14(3)12-22)17(24)25-18(4,5)6/h11,13-14H,7-10,12H2,1-6H3/t14-/m1/s1. The molecule has 7 heteroatoms.